The molecule has 0 amide bonds. The van der Waals surface area contributed by atoms with Gasteiger partial charge in [-0.15, -0.1) is 0 Å². The lowest BCUT2D eigenvalue weighted by molar-refractivity contribution is 0.629. The van der Waals surface area contributed by atoms with E-state index < -0.39 is 5.82 Å². The van der Waals surface area contributed by atoms with Crippen LogP contribution in [0.5, 0.6) is 0 Å². The van der Waals surface area contributed by atoms with Gasteiger partial charge in [0.05, 0.1) is 5.02 Å². The van der Waals surface area contributed by atoms with Gasteiger partial charge in [0.25, 0.3) is 0 Å². The van der Waals surface area contributed by atoms with Crippen LogP contribution in [-0.4, -0.2) is 12.5 Å². The fraction of sp³-hybridized carbons (Fsp3) is 0.364. The highest BCUT2D eigenvalue weighted by Crippen LogP contribution is 2.18. The molecule has 1 aromatic carbocycles. The van der Waals surface area contributed by atoms with Gasteiger partial charge in [0.1, 0.15) is 5.82 Å². The summed E-state index contributed by atoms with van der Waals surface area (Å²) >= 11 is 5.56. The zero-order chi connectivity index (χ0) is 12.1. The molecule has 0 aromatic heterocycles. The Balaban J connectivity index is 2.66. The Morgan fingerprint density at radius 3 is 2.81 bits per heavy atom. The van der Waals surface area contributed by atoms with Crippen LogP contribution in [0.3, 0.4) is 0 Å². The molecule has 88 valence electrons. The maximum absolute atomic E-state index is 13.1. The minimum Gasteiger partial charge on any atom is -0.370 e. The molecule has 16 heavy (non-hydrogen) atoms. The molecule has 0 saturated heterocycles. The first kappa shape index (κ1) is 12.8. The van der Waals surface area contributed by atoms with Crippen LogP contribution in [0.1, 0.15) is 13.8 Å². The van der Waals surface area contributed by atoms with E-state index in [9.17, 15) is 4.39 Å². The van der Waals surface area contributed by atoms with Gasteiger partial charge >= 0.3 is 0 Å². The van der Waals surface area contributed by atoms with Gasteiger partial charge in [-0.3, -0.25) is 4.99 Å². The van der Waals surface area contributed by atoms with Gasteiger partial charge in [-0.05, 0) is 24.1 Å². The van der Waals surface area contributed by atoms with Gasteiger partial charge < -0.3 is 11.1 Å². The Kier molecular flexibility index (Phi) is 4.55. The molecule has 0 aliphatic carbocycles. The molecule has 1 aromatic rings. The average molecular weight is 244 g/mol. The minimum absolute atomic E-state index is 0.0863. The number of rotatable bonds is 3. The predicted molar refractivity (Wildman–Crippen MR) is 66.4 cm³/mol. The number of nitrogens with one attached hydrogen (secondary N) is 1. The molecule has 3 nitrogen and oxygen atoms in total. The van der Waals surface area contributed by atoms with Gasteiger partial charge in [0.15, 0.2) is 5.96 Å². The molecule has 0 atom stereocenters. The molecule has 0 unspecified atom stereocenters. The van der Waals surface area contributed by atoms with E-state index in [2.05, 4.69) is 10.3 Å². The highest BCUT2D eigenvalue weighted by atomic mass is 35.5. The number of hydrogen-bond donors (Lipinski definition) is 2. The van der Waals surface area contributed by atoms with Crippen molar-refractivity contribution in [3.05, 3.63) is 29.0 Å². The van der Waals surface area contributed by atoms with E-state index in [1.54, 1.807) is 6.07 Å². The molecular formula is C11H15ClFN3. The number of guanidine groups is 1. The van der Waals surface area contributed by atoms with Crippen molar-refractivity contribution in [2.75, 3.05) is 11.9 Å². The number of benzene rings is 1. The summed E-state index contributed by atoms with van der Waals surface area (Å²) in [4.78, 5) is 4.10. The number of nitrogens with zero attached hydrogens (tertiary/aromatic N) is 1. The van der Waals surface area contributed by atoms with Gasteiger partial charge in [-0.25, -0.2) is 4.39 Å². The van der Waals surface area contributed by atoms with Crippen LogP contribution in [0.15, 0.2) is 23.2 Å². The normalized spacial score (nSPS) is 11.9. The largest absolute Gasteiger partial charge is 0.370 e. The first-order valence-electron chi connectivity index (χ1n) is 5.01. The maximum atomic E-state index is 13.1. The van der Waals surface area contributed by atoms with Gasteiger partial charge in [-0.2, -0.15) is 0 Å². The molecule has 0 fully saturated rings. The van der Waals surface area contributed by atoms with Crippen molar-refractivity contribution in [2.45, 2.75) is 13.8 Å². The van der Waals surface area contributed by atoms with Gasteiger partial charge in [-0.1, -0.05) is 25.4 Å². The first-order valence-corrected chi connectivity index (χ1v) is 5.39. The van der Waals surface area contributed by atoms with E-state index in [1.165, 1.54) is 12.1 Å². The summed E-state index contributed by atoms with van der Waals surface area (Å²) in [6.45, 7) is 4.71. The van der Waals surface area contributed by atoms with E-state index in [1.807, 2.05) is 13.8 Å². The quantitative estimate of drug-likeness (QED) is 0.634. The first-order chi connectivity index (χ1) is 7.49. The average Bonchev–Trinajstić information content (AvgIpc) is 2.21. The van der Waals surface area contributed by atoms with Crippen LogP contribution in [0.2, 0.25) is 5.02 Å². The fourth-order valence-corrected chi connectivity index (χ4v) is 1.16. The lowest BCUT2D eigenvalue weighted by Crippen LogP contribution is -2.23. The van der Waals surface area contributed by atoms with Crippen molar-refractivity contribution in [1.82, 2.24) is 0 Å². The number of halogens is 2. The van der Waals surface area contributed by atoms with E-state index in [0.717, 1.165) is 0 Å². The van der Waals surface area contributed by atoms with Crippen LogP contribution >= 0.6 is 11.6 Å². The van der Waals surface area contributed by atoms with E-state index in [-0.39, 0.29) is 11.0 Å². The third-order valence-corrected chi connectivity index (χ3v) is 2.13. The summed E-state index contributed by atoms with van der Waals surface area (Å²) in [6, 6.07) is 4.39. The lowest BCUT2D eigenvalue weighted by atomic mass is 10.2. The second kappa shape index (κ2) is 5.70. The number of aliphatic imine (C=N–C) groups is 1. The molecule has 0 spiro atoms. The molecular weight excluding hydrogens is 229 g/mol. The van der Waals surface area contributed by atoms with E-state index in [0.29, 0.717) is 18.2 Å². The highest BCUT2D eigenvalue weighted by Gasteiger charge is 2.01. The van der Waals surface area contributed by atoms with Crippen molar-refractivity contribution in [3.8, 4) is 0 Å². The van der Waals surface area contributed by atoms with Crippen LogP contribution in [0.4, 0.5) is 10.1 Å². The Labute approximate surface area is 99.5 Å². The van der Waals surface area contributed by atoms with Gasteiger partial charge in [0.2, 0.25) is 0 Å². The van der Waals surface area contributed by atoms with Gasteiger partial charge in [0, 0.05) is 12.2 Å². The molecule has 0 aliphatic rings. The zero-order valence-corrected chi connectivity index (χ0v) is 10.1. The summed E-state index contributed by atoms with van der Waals surface area (Å²) in [5, 5.41) is 2.88. The number of anilines is 1. The summed E-state index contributed by atoms with van der Waals surface area (Å²) < 4.78 is 13.1. The van der Waals surface area contributed by atoms with Crippen LogP contribution in [0, 0.1) is 11.7 Å². The predicted octanol–water partition coefficient (Wildman–Crippen LogP) is 2.86. The fourth-order valence-electron chi connectivity index (χ4n) is 1.04. The van der Waals surface area contributed by atoms with E-state index >= 15 is 0 Å². The Bertz CT molecular complexity index is 391. The molecule has 0 bridgehead atoms. The molecule has 0 saturated carbocycles. The standard InChI is InChI=1S/C11H15ClFN3/c1-7(2)6-15-11(14)16-8-3-4-9(12)10(13)5-8/h3-5,7H,6H2,1-2H3,(H3,14,15,16). The molecule has 0 heterocycles. The van der Waals surface area contributed by atoms with Crippen molar-refractivity contribution in [2.24, 2.45) is 16.6 Å². The van der Waals surface area contributed by atoms with Crippen LogP contribution in [-0.2, 0) is 0 Å². The topological polar surface area (TPSA) is 50.4 Å². The number of nitrogens with two attached hydrogens (primary N) is 1. The second-order valence-corrected chi connectivity index (χ2v) is 4.28. The smallest absolute Gasteiger partial charge is 0.193 e. The van der Waals surface area contributed by atoms with Crippen molar-refractivity contribution < 1.29 is 4.39 Å². The second-order valence-electron chi connectivity index (χ2n) is 3.87. The SMILES string of the molecule is CC(C)CN=C(N)Nc1ccc(Cl)c(F)c1. The molecule has 0 radical (unpaired) electrons. The Hall–Kier alpha value is -1.29. The monoisotopic (exact) mass is 243 g/mol. The van der Waals surface area contributed by atoms with Crippen LogP contribution < -0.4 is 11.1 Å². The van der Waals surface area contributed by atoms with E-state index in [4.69, 9.17) is 17.3 Å². The molecule has 0 aliphatic heterocycles. The number of hydrogen-bond acceptors (Lipinski definition) is 1. The van der Waals surface area contributed by atoms with Crippen molar-refractivity contribution in [3.63, 3.8) is 0 Å². The lowest BCUT2D eigenvalue weighted by Gasteiger charge is -2.07. The molecule has 1 rings (SSSR count). The summed E-state index contributed by atoms with van der Waals surface area (Å²) in [5.74, 6) is 0.223. The maximum Gasteiger partial charge on any atom is 0.193 e. The molecule has 5 heteroatoms. The van der Waals surface area contributed by atoms with Crippen molar-refractivity contribution in [1.29, 1.82) is 0 Å². The third kappa shape index (κ3) is 4.06. The summed E-state index contributed by atoms with van der Waals surface area (Å²) in [5.41, 5.74) is 6.16. The Morgan fingerprint density at radius 2 is 2.25 bits per heavy atom. The third-order valence-electron chi connectivity index (χ3n) is 1.82. The summed E-state index contributed by atoms with van der Waals surface area (Å²) in [6.07, 6.45) is 0. The minimum atomic E-state index is -0.483. The van der Waals surface area contributed by atoms with Crippen LogP contribution in [0.25, 0.3) is 0 Å². The zero-order valence-electron chi connectivity index (χ0n) is 9.30. The highest BCUT2D eigenvalue weighted by molar-refractivity contribution is 6.30. The molecule has 3 N–H and O–H groups in total. The summed E-state index contributed by atoms with van der Waals surface area (Å²) in [7, 11) is 0. The Morgan fingerprint density at radius 1 is 1.56 bits per heavy atom. The van der Waals surface area contributed by atoms with Crippen molar-refractivity contribution >= 4 is 23.2 Å².